The number of nitrogens with two attached hydrogens (primary N) is 2. The van der Waals surface area contributed by atoms with E-state index in [0.29, 0.717) is 23.5 Å². The number of rotatable bonds is 4. The summed E-state index contributed by atoms with van der Waals surface area (Å²) < 4.78 is 4.07. The van der Waals surface area contributed by atoms with Crippen LogP contribution in [0.5, 0.6) is 0 Å². The molecule has 2 amide bonds. The summed E-state index contributed by atoms with van der Waals surface area (Å²) in [5, 5.41) is 6.38. The van der Waals surface area contributed by atoms with E-state index in [0.717, 1.165) is 78.8 Å². The third-order valence-electron chi connectivity index (χ3n) is 9.30. The number of nitrogen functional groups attached to an aromatic ring is 2. The molecule has 2 aromatic carbocycles. The summed E-state index contributed by atoms with van der Waals surface area (Å²) in [6.07, 6.45) is 11.8. The van der Waals surface area contributed by atoms with Gasteiger partial charge in [0.1, 0.15) is 9.75 Å². The number of aryl methyl sites for hydroxylation is 2. The third kappa shape index (κ3) is 5.79. The van der Waals surface area contributed by atoms with Crippen LogP contribution in [0, 0.1) is 13.8 Å². The Kier molecular flexibility index (Phi) is 8.33. The van der Waals surface area contributed by atoms with Crippen molar-refractivity contribution >= 4 is 77.9 Å². The summed E-state index contributed by atoms with van der Waals surface area (Å²) in [5.74, 6) is 0.0592. The van der Waals surface area contributed by atoms with Crippen LogP contribution in [0.3, 0.4) is 0 Å². The van der Waals surface area contributed by atoms with Crippen LogP contribution in [0.1, 0.15) is 94.9 Å². The fourth-order valence-electron chi connectivity index (χ4n) is 6.88. The minimum absolute atomic E-state index is 0.0296. The minimum atomic E-state index is 0.0296. The fourth-order valence-corrected chi connectivity index (χ4v) is 8.96. The van der Waals surface area contributed by atoms with Gasteiger partial charge in [0.15, 0.2) is 9.92 Å². The summed E-state index contributed by atoms with van der Waals surface area (Å²) >= 11 is 2.90. The molecule has 0 saturated heterocycles. The average molecular weight is 657 g/mol. The second-order valence-corrected chi connectivity index (χ2v) is 14.6. The van der Waals surface area contributed by atoms with Gasteiger partial charge in [0.25, 0.3) is 11.8 Å². The number of carbonyl (C=O) groups excluding carboxylic acids is 2. The lowest BCUT2D eigenvalue weighted by molar-refractivity contribution is 0.0922. The molecule has 4 aromatic heterocycles. The van der Waals surface area contributed by atoms with Gasteiger partial charge < -0.3 is 22.1 Å². The van der Waals surface area contributed by atoms with Crippen LogP contribution in [-0.4, -0.2) is 42.7 Å². The van der Waals surface area contributed by atoms with Gasteiger partial charge in [-0.3, -0.25) is 18.4 Å². The van der Waals surface area contributed by atoms with Crippen molar-refractivity contribution in [2.45, 2.75) is 90.1 Å². The first-order valence-corrected chi connectivity index (χ1v) is 17.9. The summed E-state index contributed by atoms with van der Waals surface area (Å²) in [6, 6.07) is 12.0. The first-order valence-electron chi connectivity index (χ1n) is 16.2. The molecule has 4 heterocycles. The van der Waals surface area contributed by atoms with E-state index < -0.39 is 0 Å². The van der Waals surface area contributed by atoms with E-state index in [4.69, 9.17) is 11.5 Å². The van der Waals surface area contributed by atoms with Crippen molar-refractivity contribution < 1.29 is 9.59 Å². The Balaban J connectivity index is 0.000000147. The van der Waals surface area contributed by atoms with Crippen molar-refractivity contribution in [3.63, 3.8) is 0 Å². The Hall–Kier alpha value is -4.16. The summed E-state index contributed by atoms with van der Waals surface area (Å²) in [6.45, 7) is 3.95. The van der Waals surface area contributed by atoms with Crippen LogP contribution >= 0.6 is 22.7 Å². The van der Waals surface area contributed by atoms with Gasteiger partial charge in [0.2, 0.25) is 0 Å². The van der Waals surface area contributed by atoms with E-state index in [1.165, 1.54) is 61.2 Å². The lowest BCUT2D eigenvalue weighted by atomic mass is 9.95. The highest BCUT2D eigenvalue weighted by Crippen LogP contribution is 2.31. The average Bonchev–Trinajstić information content (AvgIpc) is 3.77. The number of hydrogen-bond donors (Lipinski definition) is 4. The van der Waals surface area contributed by atoms with E-state index in [1.807, 2.05) is 59.0 Å². The SMILES string of the molecule is Cc1c(C(=O)NC2CCCCC2)sc2nc3ccc(N)cc3n12.Cc1c(C(=O)NC2CCCCC2)sc2nc3ccc(N)cc3n12. The highest BCUT2D eigenvalue weighted by Gasteiger charge is 2.24. The van der Waals surface area contributed by atoms with E-state index in [-0.39, 0.29) is 11.8 Å². The van der Waals surface area contributed by atoms with Gasteiger partial charge in [0.05, 0.1) is 22.1 Å². The van der Waals surface area contributed by atoms with Crippen LogP contribution in [0.15, 0.2) is 36.4 Å². The zero-order valence-electron chi connectivity index (χ0n) is 26.3. The van der Waals surface area contributed by atoms with Crippen molar-refractivity contribution in [1.82, 2.24) is 29.4 Å². The van der Waals surface area contributed by atoms with Gasteiger partial charge in [-0.25, -0.2) is 9.97 Å². The molecule has 6 N–H and O–H groups in total. The topological polar surface area (TPSA) is 145 Å². The molecule has 8 rings (SSSR count). The molecule has 2 aliphatic rings. The fraction of sp³-hybridized carbons (Fsp3) is 0.412. The highest BCUT2D eigenvalue weighted by atomic mass is 32.1. The quantitative estimate of drug-likeness (QED) is 0.150. The van der Waals surface area contributed by atoms with Gasteiger partial charge in [-0.15, -0.1) is 0 Å². The smallest absolute Gasteiger partial charge is 0.263 e. The number of aromatic nitrogens is 4. The second-order valence-electron chi connectivity index (χ2n) is 12.6. The number of amides is 2. The Morgan fingerprint density at radius 1 is 0.674 bits per heavy atom. The number of benzene rings is 2. The van der Waals surface area contributed by atoms with Crippen LogP contribution in [-0.2, 0) is 0 Å². The van der Waals surface area contributed by atoms with E-state index >= 15 is 0 Å². The predicted molar refractivity (Wildman–Crippen MR) is 188 cm³/mol. The van der Waals surface area contributed by atoms with Crippen LogP contribution in [0.25, 0.3) is 32.0 Å². The molecule has 0 radical (unpaired) electrons. The van der Waals surface area contributed by atoms with Gasteiger partial charge >= 0.3 is 0 Å². The maximum atomic E-state index is 12.6. The molecular formula is C34H40N8O2S2. The van der Waals surface area contributed by atoms with Gasteiger partial charge in [-0.2, -0.15) is 0 Å². The lowest BCUT2D eigenvalue weighted by Crippen LogP contribution is -2.36. The maximum Gasteiger partial charge on any atom is 0.263 e. The summed E-state index contributed by atoms with van der Waals surface area (Å²) in [5.41, 5.74) is 18.8. The molecule has 2 saturated carbocycles. The zero-order valence-corrected chi connectivity index (χ0v) is 27.9. The minimum Gasteiger partial charge on any atom is -0.399 e. The van der Waals surface area contributed by atoms with Crippen LogP contribution in [0.2, 0.25) is 0 Å². The standard InChI is InChI=1S/2C17H20N4OS/c2*1-10-15(16(22)19-12-5-3-2-4-6-12)23-17-20-13-8-7-11(18)9-14(13)21(10)17/h2*7-9,12H,2-6,18H2,1H3,(H,19,22). The molecule has 240 valence electrons. The molecule has 0 atom stereocenters. The molecule has 0 aliphatic heterocycles. The number of fused-ring (bicyclic) bond motifs is 6. The first-order chi connectivity index (χ1) is 22.3. The lowest BCUT2D eigenvalue weighted by Gasteiger charge is -2.22. The molecule has 6 aromatic rings. The number of hydrogen-bond acceptors (Lipinski definition) is 8. The van der Waals surface area contributed by atoms with Crippen molar-refractivity contribution in [2.75, 3.05) is 11.5 Å². The number of anilines is 2. The third-order valence-corrected chi connectivity index (χ3v) is 11.6. The molecule has 46 heavy (non-hydrogen) atoms. The van der Waals surface area contributed by atoms with Crippen molar-refractivity contribution in [3.05, 3.63) is 57.5 Å². The van der Waals surface area contributed by atoms with Gasteiger partial charge in [-0.1, -0.05) is 61.2 Å². The van der Waals surface area contributed by atoms with Crippen LogP contribution in [0.4, 0.5) is 11.4 Å². The normalized spacial score (nSPS) is 16.2. The van der Waals surface area contributed by atoms with Gasteiger partial charge in [0, 0.05) is 34.8 Å². The molecule has 0 unspecified atom stereocenters. The van der Waals surface area contributed by atoms with E-state index in [1.54, 1.807) is 0 Å². The van der Waals surface area contributed by atoms with E-state index in [9.17, 15) is 9.59 Å². The molecule has 10 nitrogen and oxygen atoms in total. The zero-order chi connectivity index (χ0) is 31.9. The molecular weight excluding hydrogens is 617 g/mol. The van der Waals surface area contributed by atoms with Gasteiger partial charge in [-0.05, 0) is 75.9 Å². The molecule has 0 spiro atoms. The first kappa shape index (κ1) is 30.5. The Morgan fingerprint density at radius 2 is 1.07 bits per heavy atom. The summed E-state index contributed by atoms with van der Waals surface area (Å²) in [4.78, 5) is 37.7. The van der Waals surface area contributed by atoms with Crippen molar-refractivity contribution in [2.24, 2.45) is 0 Å². The predicted octanol–water partition coefficient (Wildman–Crippen LogP) is 7.00. The molecule has 0 bridgehead atoms. The number of nitrogens with one attached hydrogen (secondary N) is 2. The molecule has 2 fully saturated rings. The van der Waals surface area contributed by atoms with Crippen molar-refractivity contribution in [3.8, 4) is 0 Å². The summed E-state index contributed by atoms with van der Waals surface area (Å²) in [7, 11) is 0. The number of nitrogens with zero attached hydrogens (tertiary/aromatic N) is 4. The highest BCUT2D eigenvalue weighted by molar-refractivity contribution is 7.19. The Morgan fingerprint density at radius 3 is 1.46 bits per heavy atom. The maximum absolute atomic E-state index is 12.6. The Labute approximate surface area is 275 Å². The molecule has 12 heteroatoms. The van der Waals surface area contributed by atoms with Crippen LogP contribution < -0.4 is 22.1 Å². The number of imidazole rings is 2. The molecule has 2 aliphatic carbocycles. The monoisotopic (exact) mass is 656 g/mol. The largest absolute Gasteiger partial charge is 0.399 e. The Bertz CT molecular complexity index is 1930. The van der Waals surface area contributed by atoms with E-state index in [2.05, 4.69) is 20.6 Å². The number of thiazole rings is 2. The second kappa shape index (κ2) is 12.6. The number of carbonyl (C=O) groups is 2. The van der Waals surface area contributed by atoms with Crippen molar-refractivity contribution in [1.29, 1.82) is 0 Å².